The third kappa shape index (κ3) is 3.81. The summed E-state index contributed by atoms with van der Waals surface area (Å²) in [5.74, 6) is 0.730. The van der Waals surface area contributed by atoms with Crippen LogP contribution in [-0.4, -0.2) is 27.0 Å². The van der Waals surface area contributed by atoms with Crippen molar-refractivity contribution in [3.05, 3.63) is 65.7 Å². The van der Waals surface area contributed by atoms with Gasteiger partial charge < -0.3 is 10.1 Å². The Kier molecular flexibility index (Phi) is 4.68. The van der Waals surface area contributed by atoms with Crippen LogP contribution in [0.1, 0.15) is 34.3 Å². The van der Waals surface area contributed by atoms with E-state index in [2.05, 4.69) is 26.3 Å². The molecule has 7 nitrogen and oxygen atoms in total. The number of pyridine rings is 1. The summed E-state index contributed by atoms with van der Waals surface area (Å²) in [7, 11) is 0. The zero-order valence-corrected chi connectivity index (χ0v) is 15.2. The van der Waals surface area contributed by atoms with Gasteiger partial charge in [-0.15, -0.1) is 0 Å². The first-order valence-electron chi connectivity index (χ1n) is 8.89. The van der Waals surface area contributed by atoms with Crippen molar-refractivity contribution in [1.82, 2.24) is 15.0 Å². The first-order chi connectivity index (χ1) is 13.6. The van der Waals surface area contributed by atoms with Crippen LogP contribution < -0.4 is 10.1 Å². The van der Waals surface area contributed by atoms with Crippen molar-refractivity contribution in [3.63, 3.8) is 0 Å². The number of anilines is 1. The minimum Gasteiger partial charge on any atom is -0.490 e. The van der Waals surface area contributed by atoms with Crippen molar-refractivity contribution in [3.8, 4) is 23.1 Å². The van der Waals surface area contributed by atoms with E-state index in [-0.39, 0.29) is 12.0 Å². The normalized spacial score (nSPS) is 12.9. The topological polar surface area (TPSA) is 101 Å². The molecule has 0 aliphatic heterocycles. The maximum Gasteiger partial charge on any atom is 0.258 e. The predicted octanol–water partition coefficient (Wildman–Crippen LogP) is 3.51. The van der Waals surface area contributed by atoms with E-state index in [0.717, 1.165) is 18.4 Å². The third-order valence-electron chi connectivity index (χ3n) is 4.39. The Morgan fingerprint density at radius 3 is 2.75 bits per heavy atom. The van der Waals surface area contributed by atoms with Gasteiger partial charge >= 0.3 is 0 Å². The Morgan fingerprint density at radius 1 is 1.21 bits per heavy atom. The molecular weight excluding hydrogens is 354 g/mol. The van der Waals surface area contributed by atoms with Crippen LogP contribution in [0.15, 0.2) is 49.1 Å². The highest BCUT2D eigenvalue weighted by atomic mass is 16.5. The number of nitrogens with one attached hydrogen (secondary N) is 1. The van der Waals surface area contributed by atoms with Gasteiger partial charge in [-0.05, 0) is 49.6 Å². The Morgan fingerprint density at radius 2 is 2.07 bits per heavy atom. The fraction of sp³-hybridized carbons (Fsp3) is 0.190. The minimum absolute atomic E-state index is 0.264. The number of aryl methyl sites for hydroxylation is 1. The van der Waals surface area contributed by atoms with Crippen molar-refractivity contribution >= 4 is 11.7 Å². The first kappa shape index (κ1) is 17.6. The molecule has 0 radical (unpaired) electrons. The lowest BCUT2D eigenvalue weighted by atomic mass is 10.1. The molecule has 28 heavy (non-hydrogen) atoms. The fourth-order valence-electron chi connectivity index (χ4n) is 2.70. The van der Waals surface area contributed by atoms with Crippen molar-refractivity contribution < 1.29 is 9.53 Å². The van der Waals surface area contributed by atoms with Crippen molar-refractivity contribution in [2.75, 3.05) is 5.32 Å². The predicted molar refractivity (Wildman–Crippen MR) is 103 cm³/mol. The molecule has 4 rings (SSSR count). The molecule has 1 fully saturated rings. The van der Waals surface area contributed by atoms with Gasteiger partial charge in [-0.1, -0.05) is 0 Å². The van der Waals surface area contributed by atoms with Crippen LogP contribution in [0.3, 0.4) is 0 Å². The van der Waals surface area contributed by atoms with Crippen LogP contribution in [0.25, 0.3) is 11.3 Å². The Labute approximate surface area is 162 Å². The molecule has 2 aromatic heterocycles. The number of hydrogen-bond acceptors (Lipinski definition) is 6. The Bertz CT molecular complexity index is 1070. The van der Waals surface area contributed by atoms with E-state index in [1.807, 2.05) is 6.92 Å². The molecule has 1 amide bonds. The van der Waals surface area contributed by atoms with E-state index >= 15 is 0 Å². The average molecular weight is 371 g/mol. The summed E-state index contributed by atoms with van der Waals surface area (Å²) >= 11 is 0. The number of amides is 1. The second kappa shape index (κ2) is 7.45. The lowest BCUT2D eigenvalue weighted by molar-refractivity contribution is 0.102. The summed E-state index contributed by atoms with van der Waals surface area (Å²) in [6.07, 6.45) is 8.52. The highest BCUT2D eigenvalue weighted by Crippen LogP contribution is 2.31. The summed E-state index contributed by atoms with van der Waals surface area (Å²) in [4.78, 5) is 25.0. The molecule has 1 aromatic carbocycles. The molecule has 0 unspecified atom stereocenters. The SMILES string of the molecule is Cc1ccncc1C(=O)Nc1cnc(-c2cc(OC3CC3)ccc2C#N)cn1. The summed E-state index contributed by atoms with van der Waals surface area (Å²) in [5, 5.41) is 12.1. The van der Waals surface area contributed by atoms with Crippen molar-refractivity contribution in [2.24, 2.45) is 0 Å². The smallest absolute Gasteiger partial charge is 0.258 e. The second-order valence-corrected chi connectivity index (χ2v) is 6.57. The highest BCUT2D eigenvalue weighted by molar-refractivity contribution is 6.04. The van der Waals surface area contributed by atoms with Gasteiger partial charge in [-0.25, -0.2) is 4.98 Å². The van der Waals surface area contributed by atoms with Gasteiger partial charge in [0, 0.05) is 18.0 Å². The molecule has 0 bridgehead atoms. The van der Waals surface area contributed by atoms with Crippen LogP contribution in [0.5, 0.6) is 5.75 Å². The monoisotopic (exact) mass is 371 g/mol. The number of nitrogens with zero attached hydrogens (tertiary/aromatic N) is 4. The number of carbonyl (C=O) groups is 1. The molecule has 0 atom stereocenters. The average Bonchev–Trinajstić information content (AvgIpc) is 3.53. The van der Waals surface area contributed by atoms with Gasteiger partial charge in [-0.3, -0.25) is 14.8 Å². The van der Waals surface area contributed by atoms with Gasteiger partial charge in [0.05, 0.1) is 41.4 Å². The van der Waals surface area contributed by atoms with Crippen LogP contribution in [0, 0.1) is 18.3 Å². The Balaban J connectivity index is 1.55. The highest BCUT2D eigenvalue weighted by Gasteiger charge is 2.24. The number of aromatic nitrogens is 3. The molecular formula is C21H17N5O2. The van der Waals surface area contributed by atoms with E-state index in [0.29, 0.717) is 34.0 Å². The van der Waals surface area contributed by atoms with E-state index in [9.17, 15) is 10.1 Å². The summed E-state index contributed by atoms with van der Waals surface area (Å²) < 4.78 is 5.80. The quantitative estimate of drug-likeness (QED) is 0.736. The molecule has 1 aliphatic carbocycles. The molecule has 3 aromatic rings. The largest absolute Gasteiger partial charge is 0.490 e. The number of ether oxygens (including phenoxy) is 1. The zero-order chi connectivity index (χ0) is 19.5. The zero-order valence-electron chi connectivity index (χ0n) is 15.2. The molecule has 138 valence electrons. The number of carbonyl (C=O) groups excluding carboxylic acids is 1. The van der Waals surface area contributed by atoms with Crippen molar-refractivity contribution in [1.29, 1.82) is 5.26 Å². The fourth-order valence-corrected chi connectivity index (χ4v) is 2.70. The minimum atomic E-state index is -0.301. The van der Waals surface area contributed by atoms with E-state index in [4.69, 9.17) is 4.74 Å². The van der Waals surface area contributed by atoms with Gasteiger partial charge in [-0.2, -0.15) is 5.26 Å². The van der Waals surface area contributed by atoms with Crippen LogP contribution in [0.4, 0.5) is 5.82 Å². The van der Waals surface area contributed by atoms with E-state index in [1.54, 1.807) is 30.5 Å². The summed E-state index contributed by atoms with van der Waals surface area (Å²) in [6, 6.07) is 9.24. The maximum absolute atomic E-state index is 12.4. The number of nitriles is 1. The van der Waals surface area contributed by atoms with E-state index in [1.165, 1.54) is 18.6 Å². The standard InChI is InChI=1S/C21H17N5O2/c1-13-6-7-23-10-18(13)21(27)26-20-12-24-19(11-25-20)17-8-16(28-15-4-5-15)3-2-14(17)9-22/h2-3,6-8,10-12,15H,4-5H2,1H3,(H,25,26,27). The van der Waals surface area contributed by atoms with Crippen LogP contribution in [0.2, 0.25) is 0 Å². The van der Waals surface area contributed by atoms with Gasteiger partial charge in [0.1, 0.15) is 5.75 Å². The summed E-state index contributed by atoms with van der Waals surface area (Å²) in [5.41, 5.74) is 2.97. The van der Waals surface area contributed by atoms with Crippen molar-refractivity contribution in [2.45, 2.75) is 25.9 Å². The molecule has 0 saturated heterocycles. The lowest BCUT2D eigenvalue weighted by Gasteiger charge is -2.09. The van der Waals surface area contributed by atoms with E-state index < -0.39 is 0 Å². The molecule has 7 heteroatoms. The molecule has 1 aliphatic rings. The van der Waals surface area contributed by atoms with Crippen LogP contribution >= 0.6 is 0 Å². The molecule has 1 saturated carbocycles. The molecule has 1 N–H and O–H groups in total. The lowest BCUT2D eigenvalue weighted by Crippen LogP contribution is -2.14. The number of rotatable bonds is 5. The third-order valence-corrected chi connectivity index (χ3v) is 4.39. The molecule has 0 spiro atoms. The van der Waals surface area contributed by atoms with Crippen LogP contribution in [-0.2, 0) is 0 Å². The first-order valence-corrected chi connectivity index (χ1v) is 8.89. The number of benzene rings is 1. The van der Waals surface area contributed by atoms with Gasteiger partial charge in [0.25, 0.3) is 5.91 Å². The Hall–Kier alpha value is -3.79. The molecule has 2 heterocycles. The second-order valence-electron chi connectivity index (χ2n) is 6.57. The summed E-state index contributed by atoms with van der Waals surface area (Å²) in [6.45, 7) is 1.84. The number of hydrogen-bond donors (Lipinski definition) is 1. The maximum atomic E-state index is 12.4. The van der Waals surface area contributed by atoms with Gasteiger partial charge in [0.15, 0.2) is 5.82 Å². The van der Waals surface area contributed by atoms with Gasteiger partial charge in [0.2, 0.25) is 0 Å².